The van der Waals surface area contributed by atoms with Gasteiger partial charge in [-0.2, -0.15) is 0 Å². The second-order valence-electron chi connectivity index (χ2n) is 9.15. The third kappa shape index (κ3) is 5.45. The van der Waals surface area contributed by atoms with Crippen LogP contribution >= 0.6 is 0 Å². The molecule has 4 rings (SSSR count). The molecule has 1 N–H and O–H groups in total. The Labute approximate surface area is 185 Å². The number of nitrogens with zero attached hydrogens (tertiary/aromatic N) is 2. The molecule has 2 saturated heterocycles. The van der Waals surface area contributed by atoms with Crippen LogP contribution < -0.4 is 5.32 Å². The fraction of sp³-hybridized carbons (Fsp3) is 0.538. The molecule has 5 nitrogen and oxygen atoms in total. The lowest BCUT2D eigenvalue weighted by molar-refractivity contribution is -0.137. The van der Waals surface area contributed by atoms with Crippen molar-refractivity contribution in [1.82, 2.24) is 15.1 Å². The van der Waals surface area contributed by atoms with E-state index >= 15 is 0 Å². The van der Waals surface area contributed by atoms with Crippen LogP contribution in [0.2, 0.25) is 0 Å². The van der Waals surface area contributed by atoms with Crippen molar-refractivity contribution in [3.63, 3.8) is 0 Å². The van der Waals surface area contributed by atoms with Crippen LogP contribution in [-0.2, 0) is 9.59 Å². The zero-order chi connectivity index (χ0) is 21.6. The SMILES string of the molecule is C[C@@H](NC(=O)CN1CCC(C(=O)N2CCCCCC2)CC1)c1cccc2ccccc12. The Hall–Kier alpha value is -2.40. The molecule has 166 valence electrons. The molecule has 5 heteroatoms. The Kier molecular flexibility index (Phi) is 7.23. The first kappa shape index (κ1) is 21.8. The summed E-state index contributed by atoms with van der Waals surface area (Å²) in [6.45, 7) is 5.94. The molecule has 31 heavy (non-hydrogen) atoms. The molecule has 1 atom stereocenters. The average Bonchev–Trinajstić information content (AvgIpc) is 3.08. The summed E-state index contributed by atoms with van der Waals surface area (Å²) >= 11 is 0. The van der Waals surface area contributed by atoms with Crippen molar-refractivity contribution in [2.24, 2.45) is 5.92 Å². The molecule has 0 aromatic heterocycles. The zero-order valence-electron chi connectivity index (χ0n) is 18.7. The van der Waals surface area contributed by atoms with Gasteiger partial charge >= 0.3 is 0 Å². The molecule has 2 aliphatic heterocycles. The second-order valence-corrected chi connectivity index (χ2v) is 9.15. The maximum Gasteiger partial charge on any atom is 0.234 e. The molecule has 2 amide bonds. The van der Waals surface area contributed by atoms with Gasteiger partial charge in [0.1, 0.15) is 0 Å². The van der Waals surface area contributed by atoms with E-state index in [4.69, 9.17) is 0 Å². The van der Waals surface area contributed by atoms with Gasteiger partial charge in [-0.15, -0.1) is 0 Å². The quantitative estimate of drug-likeness (QED) is 0.790. The highest BCUT2D eigenvalue weighted by molar-refractivity contribution is 5.87. The highest BCUT2D eigenvalue weighted by Gasteiger charge is 2.29. The van der Waals surface area contributed by atoms with Crippen LogP contribution in [0.15, 0.2) is 42.5 Å². The fourth-order valence-corrected chi connectivity index (χ4v) is 5.08. The van der Waals surface area contributed by atoms with Crippen LogP contribution in [0.5, 0.6) is 0 Å². The van der Waals surface area contributed by atoms with Crippen LogP contribution in [0.1, 0.15) is 57.1 Å². The van der Waals surface area contributed by atoms with Gasteiger partial charge in [0.25, 0.3) is 0 Å². The van der Waals surface area contributed by atoms with Gasteiger partial charge in [-0.3, -0.25) is 14.5 Å². The normalized spacial score (nSPS) is 19.7. The lowest BCUT2D eigenvalue weighted by Gasteiger charge is -2.33. The first-order valence-corrected chi connectivity index (χ1v) is 11.9. The van der Waals surface area contributed by atoms with Gasteiger partial charge in [-0.25, -0.2) is 0 Å². The number of benzene rings is 2. The maximum atomic E-state index is 12.9. The Morgan fingerprint density at radius 1 is 0.935 bits per heavy atom. The Morgan fingerprint density at radius 3 is 2.35 bits per heavy atom. The van der Waals surface area contributed by atoms with Crippen molar-refractivity contribution in [1.29, 1.82) is 0 Å². The number of amides is 2. The average molecular weight is 422 g/mol. The van der Waals surface area contributed by atoms with Crippen molar-refractivity contribution < 1.29 is 9.59 Å². The maximum absolute atomic E-state index is 12.9. The standard InChI is InChI=1S/C26H35N3O2/c1-20(23-12-8-10-21-9-4-5-11-24(21)23)27-25(30)19-28-17-13-22(14-18-28)26(31)29-15-6-2-3-7-16-29/h4-5,8-12,20,22H,2-3,6-7,13-19H2,1H3,(H,27,30)/t20-/m1/s1. The molecule has 2 aromatic carbocycles. The molecule has 0 bridgehead atoms. The molecule has 2 aliphatic rings. The second kappa shape index (κ2) is 10.3. The van der Waals surface area contributed by atoms with E-state index in [0.717, 1.165) is 57.4 Å². The summed E-state index contributed by atoms with van der Waals surface area (Å²) in [7, 11) is 0. The summed E-state index contributed by atoms with van der Waals surface area (Å²) < 4.78 is 0. The van der Waals surface area contributed by atoms with E-state index in [1.165, 1.54) is 23.6 Å². The molecular formula is C26H35N3O2. The molecule has 0 saturated carbocycles. The summed E-state index contributed by atoms with van der Waals surface area (Å²) in [4.78, 5) is 29.9. The molecule has 2 aromatic rings. The summed E-state index contributed by atoms with van der Waals surface area (Å²) in [5.41, 5.74) is 1.15. The fourth-order valence-electron chi connectivity index (χ4n) is 5.08. The first-order chi connectivity index (χ1) is 15.1. The smallest absolute Gasteiger partial charge is 0.234 e. The van der Waals surface area contributed by atoms with E-state index in [-0.39, 0.29) is 17.9 Å². The number of piperidine rings is 1. The number of hydrogen-bond donors (Lipinski definition) is 1. The molecule has 0 spiro atoms. The minimum Gasteiger partial charge on any atom is -0.348 e. The van der Waals surface area contributed by atoms with E-state index in [2.05, 4.69) is 39.4 Å². The number of likely N-dealkylation sites (tertiary alicyclic amines) is 2. The summed E-state index contributed by atoms with van der Waals surface area (Å²) in [5.74, 6) is 0.528. The third-order valence-electron chi connectivity index (χ3n) is 6.89. The highest BCUT2D eigenvalue weighted by atomic mass is 16.2. The van der Waals surface area contributed by atoms with Gasteiger partial charge in [0.2, 0.25) is 11.8 Å². The van der Waals surface area contributed by atoms with Gasteiger partial charge in [-0.05, 0) is 62.0 Å². The lowest BCUT2D eigenvalue weighted by atomic mass is 9.95. The predicted molar refractivity (Wildman–Crippen MR) is 125 cm³/mol. The number of fused-ring (bicyclic) bond motifs is 1. The van der Waals surface area contributed by atoms with Crippen LogP contribution in [0.25, 0.3) is 10.8 Å². The van der Waals surface area contributed by atoms with Gasteiger partial charge in [-0.1, -0.05) is 55.3 Å². The van der Waals surface area contributed by atoms with Crippen LogP contribution in [-0.4, -0.2) is 54.3 Å². The molecule has 0 aliphatic carbocycles. The number of nitrogens with one attached hydrogen (secondary N) is 1. The van der Waals surface area contributed by atoms with Crippen molar-refractivity contribution in [3.8, 4) is 0 Å². The van der Waals surface area contributed by atoms with Crippen molar-refractivity contribution in [2.45, 2.75) is 51.5 Å². The van der Waals surface area contributed by atoms with E-state index in [0.29, 0.717) is 12.5 Å². The van der Waals surface area contributed by atoms with E-state index < -0.39 is 0 Å². The molecule has 2 heterocycles. The van der Waals surface area contributed by atoms with E-state index in [9.17, 15) is 9.59 Å². The van der Waals surface area contributed by atoms with Gasteiger partial charge in [0, 0.05) is 19.0 Å². The van der Waals surface area contributed by atoms with Crippen molar-refractivity contribution in [3.05, 3.63) is 48.0 Å². The minimum atomic E-state index is -0.0410. The highest BCUT2D eigenvalue weighted by Crippen LogP contribution is 2.25. The van der Waals surface area contributed by atoms with Gasteiger partial charge in [0.15, 0.2) is 0 Å². The minimum absolute atomic E-state index is 0.0410. The van der Waals surface area contributed by atoms with Crippen molar-refractivity contribution in [2.75, 3.05) is 32.7 Å². The van der Waals surface area contributed by atoms with Crippen LogP contribution in [0.4, 0.5) is 0 Å². The molecule has 0 radical (unpaired) electrons. The lowest BCUT2D eigenvalue weighted by Crippen LogP contribution is -2.46. The van der Waals surface area contributed by atoms with E-state index in [1.807, 2.05) is 25.1 Å². The summed E-state index contributed by atoms with van der Waals surface area (Å²) in [6, 6.07) is 14.5. The number of hydrogen-bond acceptors (Lipinski definition) is 3. The monoisotopic (exact) mass is 421 g/mol. The first-order valence-electron chi connectivity index (χ1n) is 11.9. The number of carbonyl (C=O) groups is 2. The molecular weight excluding hydrogens is 386 g/mol. The summed E-state index contributed by atoms with van der Waals surface area (Å²) in [5, 5.41) is 5.55. The summed E-state index contributed by atoms with van der Waals surface area (Å²) in [6.07, 6.45) is 6.49. The van der Waals surface area contributed by atoms with Crippen LogP contribution in [0, 0.1) is 5.92 Å². The van der Waals surface area contributed by atoms with Gasteiger partial charge < -0.3 is 10.2 Å². The Bertz CT molecular complexity index is 891. The zero-order valence-corrected chi connectivity index (χ0v) is 18.7. The van der Waals surface area contributed by atoms with E-state index in [1.54, 1.807) is 0 Å². The van der Waals surface area contributed by atoms with Crippen LogP contribution in [0.3, 0.4) is 0 Å². The third-order valence-corrected chi connectivity index (χ3v) is 6.89. The number of rotatable bonds is 5. The predicted octanol–water partition coefficient (Wildman–Crippen LogP) is 4.13. The Morgan fingerprint density at radius 2 is 1.61 bits per heavy atom. The Balaban J connectivity index is 1.26. The van der Waals surface area contributed by atoms with Gasteiger partial charge in [0.05, 0.1) is 12.6 Å². The molecule has 0 unspecified atom stereocenters. The number of carbonyl (C=O) groups excluding carboxylic acids is 2. The largest absolute Gasteiger partial charge is 0.348 e. The topological polar surface area (TPSA) is 52.7 Å². The molecule has 2 fully saturated rings. The van der Waals surface area contributed by atoms with Crippen molar-refractivity contribution >= 4 is 22.6 Å².